The van der Waals surface area contributed by atoms with E-state index in [4.69, 9.17) is 0 Å². The normalized spacial score (nSPS) is 10.7. The third-order valence-corrected chi connectivity index (χ3v) is 3.32. The summed E-state index contributed by atoms with van der Waals surface area (Å²) in [6, 6.07) is 9.29. The van der Waals surface area contributed by atoms with Gasteiger partial charge in [-0.2, -0.15) is 0 Å². The number of pyridine rings is 1. The highest BCUT2D eigenvalue weighted by Gasteiger charge is 2.07. The molecule has 0 radical (unpaired) electrons. The SMILES string of the molecule is Cc1ccc(C(=O)Nc2ccc3nncn3c2)cc1C. The topological polar surface area (TPSA) is 59.3 Å². The molecule has 1 amide bonds. The zero-order valence-electron chi connectivity index (χ0n) is 11.3. The summed E-state index contributed by atoms with van der Waals surface area (Å²) in [5.74, 6) is -0.125. The van der Waals surface area contributed by atoms with E-state index in [0.29, 0.717) is 11.3 Å². The Kier molecular flexibility index (Phi) is 2.95. The Morgan fingerprint density at radius 3 is 2.80 bits per heavy atom. The van der Waals surface area contributed by atoms with Crippen LogP contribution in [0.25, 0.3) is 5.65 Å². The van der Waals surface area contributed by atoms with E-state index in [1.165, 1.54) is 5.56 Å². The number of rotatable bonds is 2. The molecule has 20 heavy (non-hydrogen) atoms. The van der Waals surface area contributed by atoms with E-state index in [1.54, 1.807) is 16.9 Å². The van der Waals surface area contributed by atoms with E-state index < -0.39 is 0 Å². The molecule has 0 saturated carbocycles. The summed E-state index contributed by atoms with van der Waals surface area (Å²) < 4.78 is 1.76. The number of carbonyl (C=O) groups is 1. The van der Waals surface area contributed by atoms with Gasteiger partial charge >= 0.3 is 0 Å². The van der Waals surface area contributed by atoms with Crippen LogP contribution in [0.2, 0.25) is 0 Å². The van der Waals surface area contributed by atoms with E-state index in [0.717, 1.165) is 11.2 Å². The smallest absolute Gasteiger partial charge is 0.255 e. The molecule has 0 atom stereocenters. The Morgan fingerprint density at radius 1 is 1.15 bits per heavy atom. The fraction of sp³-hybridized carbons (Fsp3) is 0.133. The summed E-state index contributed by atoms with van der Waals surface area (Å²) in [5.41, 5.74) is 4.38. The molecule has 100 valence electrons. The van der Waals surface area contributed by atoms with Gasteiger partial charge in [-0.1, -0.05) is 6.07 Å². The number of nitrogens with one attached hydrogen (secondary N) is 1. The molecule has 5 heteroatoms. The molecule has 2 heterocycles. The molecule has 1 N–H and O–H groups in total. The predicted molar refractivity (Wildman–Crippen MR) is 76.9 cm³/mol. The number of aryl methyl sites for hydroxylation is 2. The number of amides is 1. The summed E-state index contributed by atoms with van der Waals surface area (Å²) in [5, 5.41) is 10.6. The first kappa shape index (κ1) is 12.3. The second-order valence-electron chi connectivity index (χ2n) is 4.77. The highest BCUT2D eigenvalue weighted by atomic mass is 16.1. The highest BCUT2D eigenvalue weighted by molar-refractivity contribution is 6.04. The van der Waals surface area contributed by atoms with Gasteiger partial charge in [0.2, 0.25) is 0 Å². The number of hydrogen-bond acceptors (Lipinski definition) is 3. The van der Waals surface area contributed by atoms with Crippen LogP contribution in [0.15, 0.2) is 42.9 Å². The lowest BCUT2D eigenvalue weighted by Gasteiger charge is -2.07. The van der Waals surface area contributed by atoms with E-state index >= 15 is 0 Å². The third-order valence-electron chi connectivity index (χ3n) is 3.32. The molecule has 0 aliphatic heterocycles. The van der Waals surface area contributed by atoms with E-state index in [-0.39, 0.29) is 5.91 Å². The summed E-state index contributed by atoms with van der Waals surface area (Å²) in [6.07, 6.45) is 3.38. The van der Waals surface area contributed by atoms with Crippen molar-refractivity contribution < 1.29 is 4.79 Å². The average Bonchev–Trinajstić information content (AvgIpc) is 2.89. The van der Waals surface area contributed by atoms with Gasteiger partial charge in [0.1, 0.15) is 6.33 Å². The number of aromatic nitrogens is 3. The quantitative estimate of drug-likeness (QED) is 0.775. The number of nitrogens with zero attached hydrogens (tertiary/aromatic N) is 3. The van der Waals surface area contributed by atoms with Crippen LogP contribution in [0, 0.1) is 13.8 Å². The molecular weight excluding hydrogens is 252 g/mol. The lowest BCUT2D eigenvalue weighted by molar-refractivity contribution is 0.102. The second kappa shape index (κ2) is 4.77. The van der Waals surface area contributed by atoms with Crippen LogP contribution in [0.3, 0.4) is 0 Å². The number of hydrogen-bond donors (Lipinski definition) is 1. The predicted octanol–water partition coefficient (Wildman–Crippen LogP) is 2.60. The maximum atomic E-state index is 12.2. The van der Waals surface area contributed by atoms with Crippen LogP contribution < -0.4 is 5.32 Å². The van der Waals surface area contributed by atoms with Gasteiger partial charge in [-0.25, -0.2) is 0 Å². The van der Waals surface area contributed by atoms with Crippen molar-refractivity contribution in [1.82, 2.24) is 14.6 Å². The summed E-state index contributed by atoms with van der Waals surface area (Å²) in [6.45, 7) is 4.02. The Morgan fingerprint density at radius 2 is 2.00 bits per heavy atom. The average molecular weight is 266 g/mol. The second-order valence-corrected chi connectivity index (χ2v) is 4.77. The van der Waals surface area contributed by atoms with E-state index in [1.807, 2.05) is 44.2 Å². The van der Waals surface area contributed by atoms with Crippen molar-refractivity contribution in [1.29, 1.82) is 0 Å². The van der Waals surface area contributed by atoms with Crippen LogP contribution in [0.5, 0.6) is 0 Å². The minimum atomic E-state index is -0.125. The molecule has 0 aliphatic rings. The summed E-state index contributed by atoms with van der Waals surface area (Å²) >= 11 is 0. The van der Waals surface area contributed by atoms with Crippen LogP contribution >= 0.6 is 0 Å². The van der Waals surface area contributed by atoms with Gasteiger partial charge in [-0.15, -0.1) is 10.2 Å². The Bertz CT molecular complexity index is 791. The number of anilines is 1. The minimum absolute atomic E-state index is 0.125. The van der Waals surface area contributed by atoms with Gasteiger partial charge in [0.05, 0.1) is 5.69 Å². The molecule has 0 fully saturated rings. The maximum Gasteiger partial charge on any atom is 0.255 e. The molecule has 3 rings (SSSR count). The van der Waals surface area contributed by atoms with Gasteiger partial charge in [0, 0.05) is 11.8 Å². The van der Waals surface area contributed by atoms with Crippen LogP contribution in [-0.4, -0.2) is 20.5 Å². The first-order valence-electron chi connectivity index (χ1n) is 6.31. The largest absolute Gasteiger partial charge is 0.321 e. The van der Waals surface area contributed by atoms with Crippen LogP contribution in [0.1, 0.15) is 21.5 Å². The molecule has 2 aromatic heterocycles. The van der Waals surface area contributed by atoms with Gasteiger partial charge in [0.15, 0.2) is 5.65 Å². The zero-order valence-corrected chi connectivity index (χ0v) is 11.3. The van der Waals surface area contributed by atoms with Crippen molar-refractivity contribution in [2.45, 2.75) is 13.8 Å². The molecule has 0 unspecified atom stereocenters. The standard InChI is InChI=1S/C15H14N4O/c1-10-3-4-12(7-11(10)2)15(20)17-13-5-6-14-18-16-9-19(14)8-13/h3-9H,1-2H3,(H,17,20). The van der Waals surface area contributed by atoms with Crippen LogP contribution in [-0.2, 0) is 0 Å². The molecule has 0 spiro atoms. The van der Waals surface area contributed by atoms with Gasteiger partial charge in [-0.3, -0.25) is 9.20 Å². The lowest BCUT2D eigenvalue weighted by Crippen LogP contribution is -2.12. The van der Waals surface area contributed by atoms with Crippen molar-refractivity contribution in [3.05, 3.63) is 59.5 Å². The molecule has 1 aromatic carbocycles. The Labute approximate surface area is 116 Å². The fourth-order valence-electron chi connectivity index (χ4n) is 1.99. The van der Waals surface area contributed by atoms with E-state index in [2.05, 4.69) is 15.5 Å². The highest BCUT2D eigenvalue weighted by Crippen LogP contribution is 2.13. The number of benzene rings is 1. The van der Waals surface area contributed by atoms with Gasteiger partial charge < -0.3 is 5.32 Å². The molecule has 0 aliphatic carbocycles. The molecule has 3 aromatic rings. The van der Waals surface area contributed by atoms with E-state index in [9.17, 15) is 4.79 Å². The minimum Gasteiger partial charge on any atom is -0.321 e. The monoisotopic (exact) mass is 266 g/mol. The maximum absolute atomic E-state index is 12.2. The van der Waals surface area contributed by atoms with Crippen LogP contribution in [0.4, 0.5) is 5.69 Å². The zero-order chi connectivity index (χ0) is 14.1. The fourth-order valence-corrected chi connectivity index (χ4v) is 1.99. The number of fused-ring (bicyclic) bond motifs is 1. The first-order chi connectivity index (χ1) is 9.63. The number of carbonyl (C=O) groups excluding carboxylic acids is 1. The third kappa shape index (κ3) is 2.25. The lowest BCUT2D eigenvalue weighted by atomic mass is 10.1. The molecule has 0 bridgehead atoms. The first-order valence-corrected chi connectivity index (χ1v) is 6.31. The van der Waals surface area contributed by atoms with Gasteiger partial charge in [-0.05, 0) is 49.2 Å². The van der Waals surface area contributed by atoms with Crippen molar-refractivity contribution in [2.75, 3.05) is 5.32 Å². The van der Waals surface area contributed by atoms with Crippen molar-refractivity contribution in [2.24, 2.45) is 0 Å². The summed E-state index contributed by atoms with van der Waals surface area (Å²) in [4.78, 5) is 12.2. The van der Waals surface area contributed by atoms with Crippen molar-refractivity contribution in [3.8, 4) is 0 Å². The van der Waals surface area contributed by atoms with Crippen molar-refractivity contribution >= 4 is 17.2 Å². The van der Waals surface area contributed by atoms with Gasteiger partial charge in [0.25, 0.3) is 5.91 Å². The molecular formula is C15H14N4O. The Balaban J connectivity index is 1.85. The molecule has 0 saturated heterocycles. The summed E-state index contributed by atoms with van der Waals surface area (Å²) in [7, 11) is 0. The Hall–Kier alpha value is -2.69. The van der Waals surface area contributed by atoms with Crippen molar-refractivity contribution in [3.63, 3.8) is 0 Å². The molecule has 5 nitrogen and oxygen atoms in total.